The zero-order chi connectivity index (χ0) is 23.0. The third-order valence-corrected chi connectivity index (χ3v) is 5.94. The number of nitrogens with zero attached hydrogens (tertiary/aromatic N) is 2. The maximum absolute atomic E-state index is 12.2. The topological polar surface area (TPSA) is 85.4 Å². The molecule has 0 radical (unpaired) electrons. The number of halogens is 3. The van der Waals surface area contributed by atoms with Crippen molar-refractivity contribution in [1.82, 2.24) is 15.5 Å². The first kappa shape index (κ1) is 23.7. The summed E-state index contributed by atoms with van der Waals surface area (Å²) in [6.07, 6.45) is -4.03. The van der Waals surface area contributed by atoms with Crippen molar-refractivity contribution in [2.45, 2.75) is 17.1 Å². The molecule has 0 saturated carbocycles. The number of aromatic nitrogens is 2. The van der Waals surface area contributed by atoms with Crippen molar-refractivity contribution in [2.75, 3.05) is 24.7 Å². The Morgan fingerprint density at radius 1 is 1.06 bits per heavy atom. The quantitative estimate of drug-likeness (QED) is 0.406. The number of ether oxygens (including phenoxy) is 2. The van der Waals surface area contributed by atoms with E-state index in [-0.39, 0.29) is 17.4 Å². The molecule has 32 heavy (non-hydrogen) atoms. The smallest absolute Gasteiger partial charge is 0.497 e. The maximum Gasteiger partial charge on any atom is 0.573 e. The monoisotopic (exact) mass is 484 g/mol. The van der Waals surface area contributed by atoms with Gasteiger partial charge in [-0.05, 0) is 48.4 Å². The molecule has 0 atom stereocenters. The van der Waals surface area contributed by atoms with Crippen LogP contribution in [0.1, 0.15) is 5.56 Å². The molecule has 0 aliphatic carbocycles. The normalized spacial score (nSPS) is 11.1. The minimum Gasteiger partial charge on any atom is -0.497 e. The van der Waals surface area contributed by atoms with Crippen LogP contribution in [-0.4, -0.2) is 41.9 Å². The molecular weight excluding hydrogens is 465 g/mol. The van der Waals surface area contributed by atoms with E-state index in [2.05, 4.69) is 25.6 Å². The van der Waals surface area contributed by atoms with Crippen LogP contribution in [0.15, 0.2) is 52.9 Å². The van der Waals surface area contributed by atoms with Crippen LogP contribution >= 0.6 is 23.1 Å². The van der Waals surface area contributed by atoms with Crippen molar-refractivity contribution >= 4 is 39.8 Å². The molecule has 0 unspecified atom stereocenters. The van der Waals surface area contributed by atoms with Crippen LogP contribution in [0.2, 0.25) is 0 Å². The minimum atomic E-state index is -4.73. The molecule has 0 spiro atoms. The molecule has 3 aromatic rings. The second-order valence-corrected chi connectivity index (χ2v) is 8.51. The number of amides is 1. The second-order valence-electron chi connectivity index (χ2n) is 6.31. The molecule has 0 fully saturated rings. The summed E-state index contributed by atoms with van der Waals surface area (Å²) in [4.78, 5) is 12.0. The van der Waals surface area contributed by atoms with Gasteiger partial charge in [0.1, 0.15) is 11.5 Å². The van der Waals surface area contributed by atoms with E-state index in [4.69, 9.17) is 4.74 Å². The van der Waals surface area contributed by atoms with Crippen molar-refractivity contribution in [3.63, 3.8) is 0 Å². The fraction of sp³-hybridized carbons (Fsp3) is 0.250. The van der Waals surface area contributed by atoms with Crippen molar-refractivity contribution in [1.29, 1.82) is 0 Å². The van der Waals surface area contributed by atoms with Gasteiger partial charge in [0.05, 0.1) is 12.9 Å². The SMILES string of the molecule is COc1ccc(CCNC(=O)CSc2nnc(Nc3ccc(OC(F)(F)F)cc3)s2)cc1. The van der Waals surface area contributed by atoms with Crippen LogP contribution in [0.5, 0.6) is 11.5 Å². The van der Waals surface area contributed by atoms with Crippen LogP contribution in [-0.2, 0) is 11.2 Å². The van der Waals surface area contributed by atoms with E-state index in [9.17, 15) is 18.0 Å². The van der Waals surface area contributed by atoms with Crippen LogP contribution < -0.4 is 20.1 Å². The Hall–Kier alpha value is -2.99. The van der Waals surface area contributed by atoms with Gasteiger partial charge in [0.25, 0.3) is 0 Å². The Morgan fingerprint density at radius 2 is 1.75 bits per heavy atom. The highest BCUT2D eigenvalue weighted by molar-refractivity contribution is 8.01. The van der Waals surface area contributed by atoms with Crippen LogP contribution in [0.3, 0.4) is 0 Å². The maximum atomic E-state index is 12.2. The number of nitrogens with one attached hydrogen (secondary N) is 2. The van der Waals surface area contributed by atoms with Gasteiger partial charge in [0.2, 0.25) is 11.0 Å². The molecule has 1 aromatic heterocycles. The third-order valence-electron chi connectivity index (χ3n) is 3.97. The van der Waals surface area contributed by atoms with Gasteiger partial charge >= 0.3 is 6.36 Å². The number of hydrogen-bond acceptors (Lipinski definition) is 8. The number of alkyl halides is 3. The molecule has 2 N–H and O–H groups in total. The fourth-order valence-electron chi connectivity index (χ4n) is 2.50. The van der Waals surface area contributed by atoms with E-state index in [0.29, 0.717) is 28.1 Å². The first-order valence-corrected chi connectivity index (χ1v) is 11.1. The Balaban J connectivity index is 1.39. The van der Waals surface area contributed by atoms with Crippen LogP contribution in [0.4, 0.5) is 24.0 Å². The number of rotatable bonds is 10. The van der Waals surface area contributed by atoms with E-state index in [0.717, 1.165) is 11.3 Å². The molecule has 0 aliphatic heterocycles. The van der Waals surface area contributed by atoms with Crippen LogP contribution in [0.25, 0.3) is 0 Å². The number of thioether (sulfide) groups is 1. The average molecular weight is 485 g/mol. The molecule has 1 amide bonds. The standard InChI is InChI=1S/C20H19F3N4O3S2/c1-29-15-6-2-13(3-7-15)10-11-24-17(28)12-31-19-27-26-18(32-19)25-14-4-8-16(9-5-14)30-20(21,22)23/h2-9H,10-12H2,1H3,(H,24,28)(H,25,26). The van der Waals surface area contributed by atoms with Gasteiger partial charge in [-0.3, -0.25) is 4.79 Å². The zero-order valence-electron chi connectivity index (χ0n) is 16.8. The van der Waals surface area contributed by atoms with Gasteiger partial charge in [0.15, 0.2) is 4.34 Å². The molecule has 0 bridgehead atoms. The lowest BCUT2D eigenvalue weighted by Gasteiger charge is -2.09. The summed E-state index contributed by atoms with van der Waals surface area (Å²) in [7, 11) is 1.61. The van der Waals surface area contributed by atoms with E-state index >= 15 is 0 Å². The van der Waals surface area contributed by atoms with Crippen molar-refractivity contribution < 1.29 is 27.4 Å². The first-order chi connectivity index (χ1) is 15.3. The highest BCUT2D eigenvalue weighted by Crippen LogP contribution is 2.29. The number of methoxy groups -OCH3 is 1. The molecule has 12 heteroatoms. The summed E-state index contributed by atoms with van der Waals surface area (Å²) in [5.41, 5.74) is 1.63. The predicted octanol–water partition coefficient (Wildman–Crippen LogP) is 4.64. The lowest BCUT2D eigenvalue weighted by Crippen LogP contribution is -2.27. The van der Waals surface area contributed by atoms with E-state index in [1.165, 1.54) is 47.4 Å². The molecule has 1 heterocycles. The summed E-state index contributed by atoms with van der Waals surface area (Å²) in [6, 6.07) is 12.9. The second kappa shape index (κ2) is 11.0. The minimum absolute atomic E-state index is 0.117. The largest absolute Gasteiger partial charge is 0.573 e. The van der Waals surface area contributed by atoms with Crippen LogP contribution in [0, 0.1) is 0 Å². The summed E-state index contributed by atoms with van der Waals surface area (Å²) < 4.78 is 46.1. The number of anilines is 2. The summed E-state index contributed by atoms with van der Waals surface area (Å²) in [5.74, 6) is 0.552. The van der Waals surface area contributed by atoms with Crippen molar-refractivity contribution in [3.8, 4) is 11.5 Å². The molecular formula is C20H19F3N4O3S2. The fourth-order valence-corrected chi connectivity index (χ4v) is 4.10. The lowest BCUT2D eigenvalue weighted by atomic mass is 10.1. The number of benzene rings is 2. The Kier molecular flexibility index (Phi) is 8.17. The van der Waals surface area contributed by atoms with Crippen molar-refractivity contribution in [2.24, 2.45) is 0 Å². The molecule has 0 aliphatic rings. The van der Waals surface area contributed by atoms with E-state index in [1.807, 2.05) is 24.3 Å². The summed E-state index contributed by atoms with van der Waals surface area (Å²) in [5, 5.41) is 14.2. The zero-order valence-corrected chi connectivity index (χ0v) is 18.4. The van der Waals surface area contributed by atoms with Gasteiger partial charge in [-0.2, -0.15) is 0 Å². The third kappa shape index (κ3) is 7.93. The van der Waals surface area contributed by atoms with Gasteiger partial charge in [0, 0.05) is 12.2 Å². The molecule has 7 nitrogen and oxygen atoms in total. The Bertz CT molecular complexity index is 1010. The number of carbonyl (C=O) groups is 1. The number of hydrogen-bond donors (Lipinski definition) is 2. The molecule has 170 valence electrons. The highest BCUT2D eigenvalue weighted by Gasteiger charge is 2.30. The van der Waals surface area contributed by atoms with Gasteiger partial charge < -0.3 is 20.1 Å². The van der Waals surface area contributed by atoms with E-state index < -0.39 is 6.36 Å². The van der Waals surface area contributed by atoms with Crippen molar-refractivity contribution in [3.05, 3.63) is 54.1 Å². The first-order valence-electron chi connectivity index (χ1n) is 9.29. The molecule has 3 rings (SSSR count). The summed E-state index contributed by atoms with van der Waals surface area (Å²) in [6.45, 7) is 0.517. The molecule has 2 aromatic carbocycles. The summed E-state index contributed by atoms with van der Waals surface area (Å²) >= 11 is 2.49. The number of carbonyl (C=O) groups excluding carboxylic acids is 1. The highest BCUT2D eigenvalue weighted by atomic mass is 32.2. The Labute approximate surface area is 190 Å². The van der Waals surface area contributed by atoms with E-state index in [1.54, 1.807) is 7.11 Å². The van der Waals surface area contributed by atoms with Gasteiger partial charge in [-0.15, -0.1) is 23.4 Å². The molecule has 0 saturated heterocycles. The Morgan fingerprint density at radius 3 is 2.41 bits per heavy atom. The lowest BCUT2D eigenvalue weighted by molar-refractivity contribution is -0.274. The van der Waals surface area contributed by atoms with Gasteiger partial charge in [-0.25, -0.2) is 0 Å². The predicted molar refractivity (Wildman–Crippen MR) is 117 cm³/mol. The van der Waals surface area contributed by atoms with Gasteiger partial charge in [-0.1, -0.05) is 35.2 Å². The average Bonchev–Trinajstić information content (AvgIpc) is 3.20.